The Morgan fingerprint density at radius 1 is 1.41 bits per heavy atom. The standard InChI is InChI=1S/C13H20BrClN2/c1-13(2,3)7-6-12(17-16)10-8-9(14)4-5-11(10)15/h4-5,8,12,17H,6-7,16H2,1-3H3. The smallest absolute Gasteiger partial charge is 0.0475 e. The lowest BCUT2D eigenvalue weighted by Crippen LogP contribution is -2.29. The van der Waals surface area contributed by atoms with Crippen molar-refractivity contribution in [3.8, 4) is 0 Å². The molecule has 0 saturated heterocycles. The summed E-state index contributed by atoms with van der Waals surface area (Å²) in [5.74, 6) is 5.63. The van der Waals surface area contributed by atoms with Crippen LogP contribution in [0.3, 0.4) is 0 Å². The molecule has 1 unspecified atom stereocenters. The molecule has 1 aromatic rings. The topological polar surface area (TPSA) is 38.0 Å². The van der Waals surface area contributed by atoms with Crippen molar-refractivity contribution in [3.63, 3.8) is 0 Å². The first-order valence-electron chi connectivity index (χ1n) is 5.74. The van der Waals surface area contributed by atoms with Crippen LogP contribution in [0.25, 0.3) is 0 Å². The summed E-state index contributed by atoms with van der Waals surface area (Å²) in [5, 5.41) is 0.755. The quantitative estimate of drug-likeness (QED) is 0.636. The SMILES string of the molecule is CC(C)(C)CCC(NN)c1cc(Br)ccc1Cl. The monoisotopic (exact) mass is 318 g/mol. The molecular formula is C13H20BrClN2. The average molecular weight is 320 g/mol. The Bertz CT molecular complexity index is 374. The van der Waals surface area contributed by atoms with Gasteiger partial charge in [0.1, 0.15) is 0 Å². The van der Waals surface area contributed by atoms with Gasteiger partial charge in [0.2, 0.25) is 0 Å². The van der Waals surface area contributed by atoms with Gasteiger partial charge in [-0.3, -0.25) is 11.3 Å². The van der Waals surface area contributed by atoms with E-state index in [9.17, 15) is 0 Å². The number of benzene rings is 1. The van der Waals surface area contributed by atoms with Crippen LogP contribution < -0.4 is 11.3 Å². The van der Waals surface area contributed by atoms with Crippen molar-refractivity contribution in [3.05, 3.63) is 33.3 Å². The molecule has 0 aromatic heterocycles. The second-order valence-corrected chi connectivity index (χ2v) is 6.81. The summed E-state index contributed by atoms with van der Waals surface area (Å²) in [4.78, 5) is 0. The summed E-state index contributed by atoms with van der Waals surface area (Å²) in [6, 6.07) is 5.94. The molecule has 17 heavy (non-hydrogen) atoms. The molecule has 96 valence electrons. The van der Waals surface area contributed by atoms with Gasteiger partial charge in [0, 0.05) is 15.5 Å². The van der Waals surface area contributed by atoms with E-state index in [-0.39, 0.29) is 6.04 Å². The first kappa shape index (κ1) is 15.0. The normalized spacial score (nSPS) is 13.8. The number of halogens is 2. The Morgan fingerprint density at radius 2 is 2.06 bits per heavy atom. The third kappa shape index (κ3) is 4.96. The largest absolute Gasteiger partial charge is 0.271 e. The van der Waals surface area contributed by atoms with Crippen LogP contribution in [0.5, 0.6) is 0 Å². The summed E-state index contributed by atoms with van der Waals surface area (Å²) < 4.78 is 1.02. The van der Waals surface area contributed by atoms with Gasteiger partial charge in [-0.05, 0) is 42.0 Å². The minimum Gasteiger partial charge on any atom is -0.271 e. The average Bonchev–Trinajstić information content (AvgIpc) is 2.22. The molecule has 0 spiro atoms. The minimum atomic E-state index is 0.0965. The van der Waals surface area contributed by atoms with Gasteiger partial charge in [0.25, 0.3) is 0 Å². The molecule has 0 saturated carbocycles. The van der Waals surface area contributed by atoms with Gasteiger partial charge >= 0.3 is 0 Å². The Kier molecular flexibility index (Phi) is 5.45. The molecular weight excluding hydrogens is 300 g/mol. The Hall–Kier alpha value is -0.0900. The first-order chi connectivity index (χ1) is 7.83. The zero-order valence-corrected chi connectivity index (χ0v) is 12.9. The maximum atomic E-state index is 6.20. The van der Waals surface area contributed by atoms with Crippen molar-refractivity contribution < 1.29 is 0 Å². The summed E-state index contributed by atoms with van der Waals surface area (Å²) in [6.07, 6.45) is 2.06. The molecule has 4 heteroatoms. The molecule has 0 amide bonds. The molecule has 1 aromatic carbocycles. The molecule has 2 nitrogen and oxygen atoms in total. The molecule has 3 N–H and O–H groups in total. The van der Waals surface area contributed by atoms with Crippen molar-refractivity contribution in [1.82, 2.24) is 5.43 Å². The van der Waals surface area contributed by atoms with E-state index in [1.165, 1.54) is 0 Å². The molecule has 0 radical (unpaired) electrons. The van der Waals surface area contributed by atoms with E-state index >= 15 is 0 Å². The van der Waals surface area contributed by atoms with Gasteiger partial charge in [0.15, 0.2) is 0 Å². The number of nitrogens with one attached hydrogen (secondary N) is 1. The second-order valence-electron chi connectivity index (χ2n) is 5.48. The van der Waals surface area contributed by atoms with Crippen molar-refractivity contribution in [2.45, 2.75) is 39.7 Å². The highest BCUT2D eigenvalue weighted by Crippen LogP contribution is 2.32. The van der Waals surface area contributed by atoms with Gasteiger partial charge < -0.3 is 0 Å². The van der Waals surface area contributed by atoms with Crippen LogP contribution in [0, 0.1) is 5.41 Å². The van der Waals surface area contributed by atoms with E-state index in [4.69, 9.17) is 17.4 Å². The predicted molar refractivity (Wildman–Crippen MR) is 77.9 cm³/mol. The van der Waals surface area contributed by atoms with E-state index in [2.05, 4.69) is 42.1 Å². The Morgan fingerprint density at radius 3 is 2.59 bits per heavy atom. The van der Waals surface area contributed by atoms with Crippen LogP contribution in [-0.4, -0.2) is 0 Å². The number of hydrogen-bond donors (Lipinski definition) is 2. The first-order valence-corrected chi connectivity index (χ1v) is 6.91. The fourth-order valence-corrected chi connectivity index (χ4v) is 2.32. The van der Waals surface area contributed by atoms with Crippen molar-refractivity contribution in [2.75, 3.05) is 0 Å². The fourth-order valence-electron chi connectivity index (χ4n) is 1.69. The highest BCUT2D eigenvalue weighted by atomic mass is 79.9. The number of hydrogen-bond acceptors (Lipinski definition) is 2. The third-order valence-electron chi connectivity index (χ3n) is 2.72. The fraction of sp³-hybridized carbons (Fsp3) is 0.538. The van der Waals surface area contributed by atoms with Gasteiger partial charge in [-0.1, -0.05) is 48.3 Å². The predicted octanol–water partition coefficient (Wildman–Crippen LogP) is 4.43. The zero-order valence-electron chi connectivity index (χ0n) is 10.6. The Balaban J connectivity index is 2.82. The summed E-state index contributed by atoms with van der Waals surface area (Å²) >= 11 is 9.66. The molecule has 0 heterocycles. The van der Waals surface area contributed by atoms with E-state index in [0.717, 1.165) is 27.9 Å². The molecule has 0 fully saturated rings. The summed E-state index contributed by atoms with van der Waals surface area (Å²) in [7, 11) is 0. The van der Waals surface area contributed by atoms with E-state index in [1.807, 2.05) is 18.2 Å². The van der Waals surface area contributed by atoms with Gasteiger partial charge in [-0.25, -0.2) is 0 Å². The van der Waals surface area contributed by atoms with Crippen LogP contribution in [0.1, 0.15) is 45.2 Å². The molecule has 1 atom stereocenters. The van der Waals surface area contributed by atoms with Crippen LogP contribution in [0.15, 0.2) is 22.7 Å². The highest BCUT2D eigenvalue weighted by Gasteiger charge is 2.18. The van der Waals surface area contributed by atoms with Gasteiger partial charge in [0.05, 0.1) is 0 Å². The lowest BCUT2D eigenvalue weighted by Gasteiger charge is -2.23. The number of hydrazine groups is 1. The van der Waals surface area contributed by atoms with E-state index in [0.29, 0.717) is 5.41 Å². The Labute approximate surface area is 117 Å². The molecule has 0 bridgehead atoms. The van der Waals surface area contributed by atoms with Crippen LogP contribution in [0.4, 0.5) is 0 Å². The van der Waals surface area contributed by atoms with E-state index < -0.39 is 0 Å². The third-order valence-corrected chi connectivity index (χ3v) is 3.56. The maximum Gasteiger partial charge on any atom is 0.0475 e. The minimum absolute atomic E-state index is 0.0965. The molecule has 0 aliphatic rings. The lowest BCUT2D eigenvalue weighted by molar-refractivity contribution is 0.333. The molecule has 0 aliphatic carbocycles. The number of rotatable bonds is 4. The lowest BCUT2D eigenvalue weighted by atomic mass is 9.87. The van der Waals surface area contributed by atoms with Crippen LogP contribution >= 0.6 is 27.5 Å². The van der Waals surface area contributed by atoms with Gasteiger partial charge in [-0.2, -0.15) is 0 Å². The molecule has 0 aliphatic heterocycles. The summed E-state index contributed by atoms with van der Waals surface area (Å²) in [6.45, 7) is 6.68. The van der Waals surface area contributed by atoms with Crippen LogP contribution in [-0.2, 0) is 0 Å². The van der Waals surface area contributed by atoms with Crippen molar-refractivity contribution in [1.29, 1.82) is 0 Å². The van der Waals surface area contributed by atoms with Crippen LogP contribution in [0.2, 0.25) is 5.02 Å². The van der Waals surface area contributed by atoms with Gasteiger partial charge in [-0.15, -0.1) is 0 Å². The van der Waals surface area contributed by atoms with Crippen molar-refractivity contribution in [2.24, 2.45) is 11.3 Å². The summed E-state index contributed by atoms with van der Waals surface area (Å²) in [5.41, 5.74) is 4.20. The second kappa shape index (κ2) is 6.19. The number of nitrogens with two attached hydrogens (primary N) is 1. The maximum absolute atomic E-state index is 6.20. The highest BCUT2D eigenvalue weighted by molar-refractivity contribution is 9.10. The van der Waals surface area contributed by atoms with Crippen molar-refractivity contribution >= 4 is 27.5 Å². The zero-order chi connectivity index (χ0) is 13.1. The van der Waals surface area contributed by atoms with E-state index in [1.54, 1.807) is 0 Å². The molecule has 1 rings (SSSR count).